The Kier molecular flexibility index (Phi) is 5.34. The van der Waals surface area contributed by atoms with Crippen LogP contribution in [0.1, 0.15) is 5.56 Å². The molecule has 0 saturated heterocycles. The minimum absolute atomic E-state index is 0.217. The van der Waals surface area contributed by atoms with Crippen LogP contribution in [0.5, 0.6) is 0 Å². The fourth-order valence-electron chi connectivity index (χ4n) is 1.64. The summed E-state index contributed by atoms with van der Waals surface area (Å²) in [6.07, 6.45) is 0. The summed E-state index contributed by atoms with van der Waals surface area (Å²) < 4.78 is 0. The zero-order valence-corrected chi connectivity index (χ0v) is 10.8. The Balaban J connectivity index is 2.94. The summed E-state index contributed by atoms with van der Waals surface area (Å²) in [6, 6.07) is 3.72. The van der Waals surface area contributed by atoms with Gasteiger partial charge in [-0.2, -0.15) is 0 Å². The van der Waals surface area contributed by atoms with Gasteiger partial charge >= 0.3 is 0 Å². The largest absolute Gasteiger partial charge is 0.318 e. The van der Waals surface area contributed by atoms with Crippen molar-refractivity contribution in [3.63, 3.8) is 0 Å². The van der Waals surface area contributed by atoms with Crippen LogP contribution in [0.2, 0.25) is 0 Å². The lowest BCUT2D eigenvalue weighted by Crippen LogP contribution is -2.27. The molecule has 0 saturated carbocycles. The van der Waals surface area contributed by atoms with Gasteiger partial charge in [0.25, 0.3) is 11.4 Å². The van der Waals surface area contributed by atoms with Crippen LogP contribution in [0.4, 0.5) is 11.4 Å². The van der Waals surface area contributed by atoms with E-state index in [1.807, 2.05) is 19.0 Å². The Morgan fingerprint density at radius 3 is 2.47 bits per heavy atom. The van der Waals surface area contributed by atoms with E-state index in [1.165, 1.54) is 12.1 Å². The molecule has 0 aliphatic heterocycles. The number of nitrogens with one attached hydrogen (secondary N) is 1. The Labute approximate surface area is 110 Å². The molecule has 1 rings (SSSR count). The Hall–Kier alpha value is -2.06. The molecule has 0 spiro atoms. The smallest absolute Gasteiger partial charge is 0.280 e. The first-order valence-corrected chi connectivity index (χ1v) is 5.70. The van der Waals surface area contributed by atoms with Crippen molar-refractivity contribution < 1.29 is 9.85 Å². The van der Waals surface area contributed by atoms with Gasteiger partial charge in [0, 0.05) is 31.3 Å². The van der Waals surface area contributed by atoms with Crippen molar-refractivity contribution in [3.05, 3.63) is 44.0 Å². The first-order chi connectivity index (χ1) is 8.95. The lowest BCUT2D eigenvalue weighted by Gasteiger charge is -2.16. The van der Waals surface area contributed by atoms with Gasteiger partial charge in [0.15, 0.2) is 0 Å². The summed E-state index contributed by atoms with van der Waals surface area (Å²) in [6.45, 7) is 1.86. The van der Waals surface area contributed by atoms with Crippen LogP contribution in [0, 0.1) is 20.2 Å². The highest BCUT2D eigenvalue weighted by Gasteiger charge is 2.19. The van der Waals surface area contributed by atoms with Crippen LogP contribution < -0.4 is 5.32 Å². The highest BCUT2D eigenvalue weighted by molar-refractivity contribution is 5.49. The molecule has 0 fully saturated rings. The molecule has 0 aliphatic carbocycles. The second-order valence-electron chi connectivity index (χ2n) is 4.17. The summed E-state index contributed by atoms with van der Waals surface area (Å²) in [7, 11) is 3.66. The van der Waals surface area contributed by atoms with E-state index >= 15 is 0 Å². The first-order valence-electron chi connectivity index (χ1n) is 5.70. The SMILES string of the molecule is CNCCN(C)Cc1ccc([N+](=O)[O-])cc1[N+](=O)[O-]. The lowest BCUT2D eigenvalue weighted by molar-refractivity contribution is -0.394. The van der Waals surface area contributed by atoms with Crippen LogP contribution in [0.25, 0.3) is 0 Å². The molecule has 1 aromatic rings. The molecule has 8 nitrogen and oxygen atoms in total. The molecule has 0 heterocycles. The highest BCUT2D eigenvalue weighted by atomic mass is 16.6. The fourth-order valence-corrected chi connectivity index (χ4v) is 1.64. The Bertz CT molecular complexity index is 478. The number of rotatable bonds is 7. The maximum absolute atomic E-state index is 10.9. The molecule has 104 valence electrons. The monoisotopic (exact) mass is 268 g/mol. The summed E-state index contributed by atoms with van der Waals surface area (Å²) in [4.78, 5) is 22.2. The topological polar surface area (TPSA) is 102 Å². The number of hydrogen-bond acceptors (Lipinski definition) is 6. The molecule has 0 bridgehead atoms. The van der Waals surface area contributed by atoms with E-state index in [1.54, 1.807) is 0 Å². The van der Waals surface area contributed by atoms with E-state index in [4.69, 9.17) is 0 Å². The quantitative estimate of drug-likeness (QED) is 0.588. The third-order valence-electron chi connectivity index (χ3n) is 2.66. The highest BCUT2D eigenvalue weighted by Crippen LogP contribution is 2.25. The number of nitro benzene ring substituents is 2. The molecule has 0 atom stereocenters. The second kappa shape index (κ2) is 6.76. The van der Waals surface area contributed by atoms with E-state index in [0.717, 1.165) is 19.2 Å². The molecular weight excluding hydrogens is 252 g/mol. The van der Waals surface area contributed by atoms with Gasteiger partial charge in [0.1, 0.15) is 0 Å². The van der Waals surface area contributed by atoms with Gasteiger partial charge in [-0.25, -0.2) is 0 Å². The number of benzene rings is 1. The zero-order valence-electron chi connectivity index (χ0n) is 10.8. The van der Waals surface area contributed by atoms with Crippen LogP contribution in [0.15, 0.2) is 18.2 Å². The van der Waals surface area contributed by atoms with Crippen LogP contribution in [0.3, 0.4) is 0 Å². The molecule has 0 unspecified atom stereocenters. The molecule has 8 heteroatoms. The third kappa shape index (κ3) is 4.27. The van der Waals surface area contributed by atoms with Gasteiger partial charge in [-0.3, -0.25) is 20.2 Å². The average molecular weight is 268 g/mol. The lowest BCUT2D eigenvalue weighted by atomic mass is 10.1. The summed E-state index contributed by atoms with van der Waals surface area (Å²) in [5, 5.41) is 24.5. The van der Waals surface area contributed by atoms with Gasteiger partial charge in [0.2, 0.25) is 0 Å². The van der Waals surface area contributed by atoms with E-state index in [0.29, 0.717) is 12.1 Å². The number of hydrogen-bond donors (Lipinski definition) is 1. The van der Waals surface area contributed by atoms with E-state index in [2.05, 4.69) is 5.32 Å². The summed E-state index contributed by atoms with van der Waals surface area (Å²) in [5.74, 6) is 0. The van der Waals surface area contributed by atoms with Gasteiger partial charge in [0.05, 0.1) is 15.9 Å². The van der Waals surface area contributed by atoms with Crippen molar-refractivity contribution in [2.45, 2.75) is 6.54 Å². The van der Waals surface area contributed by atoms with Crippen LogP contribution in [-0.2, 0) is 6.54 Å². The maximum Gasteiger partial charge on any atom is 0.280 e. The second-order valence-corrected chi connectivity index (χ2v) is 4.17. The van der Waals surface area contributed by atoms with Crippen molar-refractivity contribution in [1.29, 1.82) is 0 Å². The van der Waals surface area contributed by atoms with E-state index in [9.17, 15) is 20.2 Å². The van der Waals surface area contributed by atoms with Gasteiger partial charge in [-0.05, 0) is 20.2 Å². The maximum atomic E-state index is 10.9. The van der Waals surface area contributed by atoms with Crippen LogP contribution in [-0.4, -0.2) is 41.9 Å². The van der Waals surface area contributed by atoms with Crippen molar-refractivity contribution in [2.75, 3.05) is 27.2 Å². The fraction of sp³-hybridized carbons (Fsp3) is 0.455. The van der Waals surface area contributed by atoms with Crippen LogP contribution >= 0.6 is 0 Å². The Morgan fingerprint density at radius 2 is 1.95 bits per heavy atom. The standard InChI is InChI=1S/C11H16N4O4/c1-12-5-6-13(2)8-9-3-4-10(14(16)17)7-11(9)15(18)19/h3-4,7,12H,5-6,8H2,1-2H3. The predicted octanol–water partition coefficient (Wildman–Crippen LogP) is 1.15. The van der Waals surface area contributed by atoms with Gasteiger partial charge < -0.3 is 10.2 Å². The minimum Gasteiger partial charge on any atom is -0.318 e. The molecule has 0 radical (unpaired) electrons. The number of nitro groups is 2. The molecule has 1 N–H and O–H groups in total. The van der Waals surface area contributed by atoms with Crippen molar-refractivity contribution >= 4 is 11.4 Å². The molecule has 0 amide bonds. The zero-order chi connectivity index (χ0) is 14.4. The third-order valence-corrected chi connectivity index (χ3v) is 2.66. The Morgan fingerprint density at radius 1 is 1.26 bits per heavy atom. The predicted molar refractivity (Wildman–Crippen MR) is 70.0 cm³/mol. The molecule has 1 aromatic carbocycles. The molecule has 0 aliphatic rings. The number of likely N-dealkylation sites (N-methyl/N-ethyl adjacent to an activating group) is 2. The van der Waals surface area contributed by atoms with Gasteiger partial charge in [-0.15, -0.1) is 0 Å². The van der Waals surface area contributed by atoms with Crippen molar-refractivity contribution in [1.82, 2.24) is 10.2 Å². The minimum atomic E-state index is -0.637. The molecule has 19 heavy (non-hydrogen) atoms. The number of non-ortho nitro benzene ring substituents is 1. The van der Waals surface area contributed by atoms with E-state index in [-0.39, 0.29) is 11.4 Å². The van der Waals surface area contributed by atoms with Gasteiger partial charge in [-0.1, -0.05) is 0 Å². The van der Waals surface area contributed by atoms with Crippen molar-refractivity contribution in [3.8, 4) is 0 Å². The number of nitrogens with zero attached hydrogens (tertiary/aromatic N) is 3. The molecule has 0 aromatic heterocycles. The summed E-state index contributed by atoms with van der Waals surface area (Å²) in [5.41, 5.74) is -0.0203. The summed E-state index contributed by atoms with van der Waals surface area (Å²) >= 11 is 0. The van der Waals surface area contributed by atoms with Crippen molar-refractivity contribution in [2.24, 2.45) is 0 Å². The normalized spacial score (nSPS) is 10.7. The average Bonchev–Trinajstić information content (AvgIpc) is 2.36. The molecular formula is C11H16N4O4. The van der Waals surface area contributed by atoms with E-state index < -0.39 is 9.85 Å². The first kappa shape index (κ1) is 15.0.